The molecule has 1 unspecified atom stereocenters. The van der Waals surface area contributed by atoms with E-state index in [1.165, 1.54) is 7.05 Å². The summed E-state index contributed by atoms with van der Waals surface area (Å²) in [4.78, 5) is 0. The van der Waals surface area contributed by atoms with Crippen molar-refractivity contribution in [3.8, 4) is 0 Å². The zero-order valence-electron chi connectivity index (χ0n) is 6.55. The van der Waals surface area contributed by atoms with Crippen molar-refractivity contribution in [3.63, 3.8) is 0 Å². The average Bonchev–Trinajstić information content (AvgIpc) is 2.09. The van der Waals surface area contributed by atoms with Crippen molar-refractivity contribution in [1.29, 1.82) is 0 Å². The van der Waals surface area contributed by atoms with Crippen molar-refractivity contribution in [2.75, 3.05) is 33.2 Å². The van der Waals surface area contributed by atoms with E-state index in [2.05, 4.69) is 10.6 Å². The van der Waals surface area contributed by atoms with Crippen molar-refractivity contribution in [3.05, 3.63) is 0 Å². The van der Waals surface area contributed by atoms with Gasteiger partial charge in [0, 0.05) is 37.4 Å². The van der Waals surface area contributed by atoms with E-state index < -0.39 is 11.3 Å². The lowest BCUT2D eigenvalue weighted by atomic mass is 10.4. The Bertz CT molecular complexity index is 96.4. The Balaban J connectivity index is 0.000000187. The Hall–Kier alpha value is -0.0100. The summed E-state index contributed by atoms with van der Waals surface area (Å²) < 4.78 is 20.5. The lowest BCUT2D eigenvalue weighted by Crippen LogP contribution is -2.39. The van der Waals surface area contributed by atoms with Gasteiger partial charge in [0.2, 0.25) is 0 Å². The molecule has 0 spiro atoms. The molecule has 0 aromatic rings. The van der Waals surface area contributed by atoms with E-state index in [0.717, 1.165) is 26.2 Å². The van der Waals surface area contributed by atoms with Gasteiger partial charge < -0.3 is 15.2 Å². The highest BCUT2D eigenvalue weighted by Crippen LogP contribution is 1.65. The SMILES string of the molecule is C1CNCCN1.CNS(=O)[O-]. The molecule has 1 atom stereocenters. The molecule has 0 amide bonds. The molecular weight excluding hydrogens is 166 g/mol. The van der Waals surface area contributed by atoms with Gasteiger partial charge in [-0.25, -0.2) is 0 Å². The van der Waals surface area contributed by atoms with Crippen LogP contribution in [0.15, 0.2) is 0 Å². The second-order valence-corrected chi connectivity index (χ2v) is 2.82. The zero-order valence-corrected chi connectivity index (χ0v) is 7.37. The van der Waals surface area contributed by atoms with Gasteiger partial charge in [-0.1, -0.05) is 0 Å². The third-order valence-electron chi connectivity index (χ3n) is 1.12. The maximum Gasteiger partial charge on any atom is 0.0178 e. The molecule has 5 nitrogen and oxygen atoms in total. The van der Waals surface area contributed by atoms with E-state index in [1.54, 1.807) is 0 Å². The van der Waals surface area contributed by atoms with Gasteiger partial charge >= 0.3 is 0 Å². The van der Waals surface area contributed by atoms with E-state index in [4.69, 9.17) is 0 Å². The average molecular weight is 180 g/mol. The second kappa shape index (κ2) is 8.09. The van der Waals surface area contributed by atoms with Gasteiger partial charge in [-0.15, -0.1) is 0 Å². The molecule has 0 aromatic carbocycles. The molecule has 0 radical (unpaired) electrons. The first-order valence-electron chi connectivity index (χ1n) is 3.45. The maximum atomic E-state index is 9.26. The quantitative estimate of drug-likeness (QED) is 0.415. The fourth-order valence-electron chi connectivity index (χ4n) is 0.604. The van der Waals surface area contributed by atoms with Crippen LogP contribution in [0.2, 0.25) is 0 Å². The van der Waals surface area contributed by atoms with Crippen molar-refractivity contribution in [2.24, 2.45) is 0 Å². The van der Waals surface area contributed by atoms with Gasteiger partial charge in [0.15, 0.2) is 0 Å². The standard InChI is InChI=1S/C4H10N2.CH5NO2S/c1-2-6-4-3-5-1;1-2-5(3)4/h5-6H,1-4H2;2H,1H3,(H,3,4)/p-1. The fraction of sp³-hybridized carbons (Fsp3) is 1.00. The molecule has 11 heavy (non-hydrogen) atoms. The first kappa shape index (κ1) is 11.0. The molecule has 0 saturated carbocycles. The Morgan fingerprint density at radius 1 is 1.27 bits per heavy atom. The highest BCUT2D eigenvalue weighted by molar-refractivity contribution is 7.77. The number of hydrogen-bond acceptors (Lipinski definition) is 4. The molecule has 6 heteroatoms. The van der Waals surface area contributed by atoms with Gasteiger partial charge in [0.25, 0.3) is 0 Å². The molecule has 0 bridgehead atoms. The molecule has 3 N–H and O–H groups in total. The normalized spacial score (nSPS) is 19.8. The third kappa shape index (κ3) is 9.99. The zero-order chi connectivity index (χ0) is 8.53. The topological polar surface area (TPSA) is 76.2 Å². The number of hydrogen-bond donors (Lipinski definition) is 3. The first-order valence-corrected chi connectivity index (χ1v) is 4.53. The second-order valence-electron chi connectivity index (χ2n) is 1.94. The Labute approximate surface area is 69.4 Å². The van der Waals surface area contributed by atoms with Crippen molar-refractivity contribution >= 4 is 11.3 Å². The van der Waals surface area contributed by atoms with E-state index in [0.29, 0.717) is 0 Å². The number of rotatable bonds is 1. The highest BCUT2D eigenvalue weighted by atomic mass is 32.2. The lowest BCUT2D eigenvalue weighted by Gasteiger charge is -2.11. The van der Waals surface area contributed by atoms with Crippen molar-refractivity contribution in [2.45, 2.75) is 0 Å². The molecule has 1 heterocycles. The van der Waals surface area contributed by atoms with Crippen LogP contribution in [-0.2, 0) is 11.3 Å². The van der Waals surface area contributed by atoms with Crippen LogP contribution in [0, 0.1) is 0 Å². The van der Waals surface area contributed by atoms with Gasteiger partial charge in [-0.2, -0.15) is 0 Å². The van der Waals surface area contributed by atoms with Crippen LogP contribution in [0.3, 0.4) is 0 Å². The van der Waals surface area contributed by atoms with Crippen LogP contribution < -0.4 is 15.4 Å². The molecule has 1 aliphatic rings. The first-order chi connectivity index (χ1) is 5.27. The van der Waals surface area contributed by atoms with Crippen LogP contribution in [0.25, 0.3) is 0 Å². The molecule has 1 aliphatic heterocycles. The summed E-state index contributed by atoms with van der Waals surface area (Å²) in [6.07, 6.45) is 0. The Morgan fingerprint density at radius 2 is 1.55 bits per heavy atom. The molecule has 1 saturated heterocycles. The smallest absolute Gasteiger partial charge is 0.0178 e. The van der Waals surface area contributed by atoms with Crippen LogP contribution >= 0.6 is 0 Å². The van der Waals surface area contributed by atoms with E-state index in [1.807, 2.05) is 4.72 Å². The summed E-state index contributed by atoms with van der Waals surface area (Å²) in [6.45, 7) is 4.56. The monoisotopic (exact) mass is 180 g/mol. The largest absolute Gasteiger partial charge is 0.760 e. The minimum Gasteiger partial charge on any atom is -0.760 e. The highest BCUT2D eigenvalue weighted by Gasteiger charge is 1.91. The van der Waals surface area contributed by atoms with Crippen LogP contribution in [0.4, 0.5) is 0 Å². The van der Waals surface area contributed by atoms with E-state index in [-0.39, 0.29) is 0 Å². The third-order valence-corrected chi connectivity index (χ3v) is 1.46. The predicted molar refractivity (Wildman–Crippen MR) is 43.7 cm³/mol. The van der Waals surface area contributed by atoms with E-state index in [9.17, 15) is 8.76 Å². The van der Waals surface area contributed by atoms with Crippen molar-refractivity contribution < 1.29 is 8.76 Å². The van der Waals surface area contributed by atoms with Crippen molar-refractivity contribution in [1.82, 2.24) is 15.4 Å². The molecule has 1 rings (SSSR count). The fourth-order valence-corrected chi connectivity index (χ4v) is 0.604. The summed E-state index contributed by atoms with van der Waals surface area (Å²) in [5.74, 6) is 0. The van der Waals surface area contributed by atoms with Gasteiger partial charge in [-0.05, 0) is 7.05 Å². The van der Waals surface area contributed by atoms with Gasteiger partial charge in [-0.3, -0.25) is 8.93 Å². The predicted octanol–water partition coefficient (Wildman–Crippen LogP) is -1.82. The molecule has 1 fully saturated rings. The summed E-state index contributed by atoms with van der Waals surface area (Å²) >= 11 is -2.07. The molecular formula is C5H14N3O2S-. The minimum absolute atomic E-state index is 1.14. The molecule has 0 aliphatic carbocycles. The van der Waals surface area contributed by atoms with Crippen LogP contribution in [0.5, 0.6) is 0 Å². The Kier molecular flexibility index (Phi) is 8.08. The minimum atomic E-state index is -2.07. The van der Waals surface area contributed by atoms with Crippen LogP contribution in [-0.4, -0.2) is 42.0 Å². The van der Waals surface area contributed by atoms with E-state index >= 15 is 0 Å². The maximum absolute atomic E-state index is 9.26. The molecule has 68 valence electrons. The van der Waals surface area contributed by atoms with Gasteiger partial charge in [0.1, 0.15) is 0 Å². The van der Waals surface area contributed by atoms with Gasteiger partial charge in [0.05, 0.1) is 0 Å². The number of piperazine rings is 1. The Morgan fingerprint density at radius 3 is 1.64 bits per heavy atom. The summed E-state index contributed by atoms with van der Waals surface area (Å²) in [7, 11) is 1.34. The summed E-state index contributed by atoms with van der Waals surface area (Å²) in [6, 6.07) is 0. The lowest BCUT2D eigenvalue weighted by molar-refractivity contribution is 0.529. The summed E-state index contributed by atoms with van der Waals surface area (Å²) in [5, 5.41) is 6.44. The van der Waals surface area contributed by atoms with Crippen LogP contribution in [0.1, 0.15) is 0 Å². The number of nitrogens with one attached hydrogen (secondary N) is 3. The summed E-state index contributed by atoms with van der Waals surface area (Å²) in [5.41, 5.74) is 0. The molecule has 0 aromatic heterocycles.